The van der Waals surface area contributed by atoms with E-state index < -0.39 is 0 Å². The molecule has 19 heavy (non-hydrogen) atoms. The summed E-state index contributed by atoms with van der Waals surface area (Å²) in [6.07, 6.45) is 8.95. The number of hydrogen-bond acceptors (Lipinski definition) is 1. The Morgan fingerprint density at radius 2 is 1.74 bits per heavy atom. The number of Topliss-reactive ketones (excluding diaryl/α,β-unsaturated/α-hetero) is 1. The Morgan fingerprint density at radius 3 is 2.26 bits per heavy atom. The molecule has 0 aromatic carbocycles. The van der Waals surface area contributed by atoms with E-state index in [-0.39, 0.29) is 5.41 Å². The molecule has 0 heterocycles. The van der Waals surface area contributed by atoms with Gasteiger partial charge in [-0.3, -0.25) is 4.79 Å². The molecule has 1 heteroatoms. The molecule has 3 unspecified atom stereocenters. The second-order valence-corrected chi connectivity index (χ2v) is 8.60. The van der Waals surface area contributed by atoms with Crippen LogP contribution in [0, 0.1) is 34.5 Å². The van der Waals surface area contributed by atoms with E-state index in [0.29, 0.717) is 11.2 Å². The lowest BCUT2D eigenvalue weighted by molar-refractivity contribution is -0.143. The van der Waals surface area contributed by atoms with Crippen molar-refractivity contribution in [3.8, 4) is 0 Å². The molecule has 0 spiro atoms. The number of ketones is 1. The van der Waals surface area contributed by atoms with Crippen molar-refractivity contribution in [1.29, 1.82) is 0 Å². The molecule has 4 fully saturated rings. The second kappa shape index (κ2) is 4.33. The van der Waals surface area contributed by atoms with Gasteiger partial charge in [0, 0.05) is 11.8 Å². The highest BCUT2D eigenvalue weighted by Gasteiger charge is 2.56. The van der Waals surface area contributed by atoms with Crippen molar-refractivity contribution in [2.75, 3.05) is 0 Å². The smallest absolute Gasteiger partial charge is 0.139 e. The van der Waals surface area contributed by atoms with Crippen LogP contribution in [0.1, 0.15) is 72.6 Å². The lowest BCUT2D eigenvalue weighted by Gasteiger charge is -2.61. The van der Waals surface area contributed by atoms with Crippen LogP contribution in [0.4, 0.5) is 0 Å². The first-order valence-electron chi connectivity index (χ1n) is 8.39. The van der Waals surface area contributed by atoms with Gasteiger partial charge < -0.3 is 0 Å². The zero-order valence-electron chi connectivity index (χ0n) is 13.2. The minimum Gasteiger partial charge on any atom is -0.299 e. The monoisotopic (exact) mass is 262 g/mol. The molecule has 4 aliphatic rings. The Bertz CT molecular complexity index is 367. The van der Waals surface area contributed by atoms with Crippen LogP contribution in [0.5, 0.6) is 0 Å². The standard InChI is InChI=1S/C18H30O/c1-5-17(3,4)16(19)11-18-9-13-6-14(10-18)8-15(7-13)12(18)2/h12-15H,5-11H2,1-4H3. The molecule has 0 amide bonds. The van der Waals surface area contributed by atoms with Crippen LogP contribution in [0.25, 0.3) is 0 Å². The molecular weight excluding hydrogens is 232 g/mol. The minimum absolute atomic E-state index is 0.108. The summed E-state index contributed by atoms with van der Waals surface area (Å²) in [5, 5.41) is 0. The number of carbonyl (C=O) groups is 1. The topological polar surface area (TPSA) is 17.1 Å². The van der Waals surface area contributed by atoms with Gasteiger partial charge in [0.2, 0.25) is 0 Å². The number of rotatable bonds is 4. The van der Waals surface area contributed by atoms with Crippen molar-refractivity contribution >= 4 is 5.78 Å². The molecular formula is C18H30O. The summed E-state index contributed by atoms with van der Waals surface area (Å²) < 4.78 is 0. The highest BCUT2D eigenvalue weighted by Crippen LogP contribution is 2.64. The van der Waals surface area contributed by atoms with E-state index in [0.717, 1.165) is 36.5 Å². The van der Waals surface area contributed by atoms with Gasteiger partial charge in [0.1, 0.15) is 5.78 Å². The average molecular weight is 262 g/mol. The van der Waals surface area contributed by atoms with E-state index in [2.05, 4.69) is 27.7 Å². The maximum Gasteiger partial charge on any atom is 0.139 e. The lowest BCUT2D eigenvalue weighted by atomic mass is 9.44. The van der Waals surface area contributed by atoms with Crippen molar-refractivity contribution in [3.05, 3.63) is 0 Å². The Kier molecular flexibility index (Phi) is 3.11. The molecule has 1 nitrogen and oxygen atoms in total. The third-order valence-corrected chi connectivity index (χ3v) is 7.15. The van der Waals surface area contributed by atoms with E-state index in [1.165, 1.54) is 32.1 Å². The summed E-state index contributed by atoms with van der Waals surface area (Å²) in [5.74, 6) is 4.15. The maximum atomic E-state index is 12.7. The summed E-state index contributed by atoms with van der Waals surface area (Å²) in [6.45, 7) is 8.89. The number of hydrogen-bond donors (Lipinski definition) is 0. The normalized spacial score (nSPS) is 44.6. The molecule has 3 atom stereocenters. The first-order valence-corrected chi connectivity index (χ1v) is 8.39. The van der Waals surface area contributed by atoms with Crippen LogP contribution in [-0.2, 0) is 4.79 Å². The summed E-state index contributed by atoms with van der Waals surface area (Å²) in [5.41, 5.74) is 0.279. The van der Waals surface area contributed by atoms with Crippen LogP contribution in [0.3, 0.4) is 0 Å². The molecule has 4 rings (SSSR count). The number of carbonyl (C=O) groups excluding carboxylic acids is 1. The summed E-state index contributed by atoms with van der Waals surface area (Å²) in [7, 11) is 0. The van der Waals surface area contributed by atoms with Crippen LogP contribution in [-0.4, -0.2) is 5.78 Å². The largest absolute Gasteiger partial charge is 0.299 e. The van der Waals surface area contributed by atoms with Crippen molar-refractivity contribution in [1.82, 2.24) is 0 Å². The van der Waals surface area contributed by atoms with Gasteiger partial charge in [-0.15, -0.1) is 0 Å². The highest BCUT2D eigenvalue weighted by atomic mass is 16.1. The third kappa shape index (κ3) is 2.08. The highest BCUT2D eigenvalue weighted by molar-refractivity contribution is 5.84. The third-order valence-electron chi connectivity index (χ3n) is 7.15. The zero-order chi connectivity index (χ0) is 13.8. The van der Waals surface area contributed by atoms with Gasteiger partial charge in [-0.25, -0.2) is 0 Å². The Hall–Kier alpha value is -0.330. The van der Waals surface area contributed by atoms with E-state index in [1.807, 2.05) is 0 Å². The van der Waals surface area contributed by atoms with E-state index in [1.54, 1.807) is 0 Å². The quantitative estimate of drug-likeness (QED) is 0.708. The van der Waals surface area contributed by atoms with Crippen molar-refractivity contribution in [3.63, 3.8) is 0 Å². The zero-order valence-corrected chi connectivity index (χ0v) is 13.2. The molecule has 4 aliphatic carbocycles. The van der Waals surface area contributed by atoms with E-state index >= 15 is 0 Å². The van der Waals surface area contributed by atoms with Gasteiger partial charge in [0.25, 0.3) is 0 Å². The van der Waals surface area contributed by atoms with Crippen LogP contribution >= 0.6 is 0 Å². The molecule has 4 saturated carbocycles. The predicted molar refractivity (Wildman–Crippen MR) is 78.8 cm³/mol. The van der Waals surface area contributed by atoms with Crippen molar-refractivity contribution in [2.24, 2.45) is 34.5 Å². The fraction of sp³-hybridized carbons (Fsp3) is 0.944. The minimum atomic E-state index is -0.108. The molecule has 108 valence electrons. The van der Waals surface area contributed by atoms with Crippen LogP contribution in [0.2, 0.25) is 0 Å². The first kappa shape index (κ1) is 13.6. The molecule has 0 aliphatic heterocycles. The van der Waals surface area contributed by atoms with Gasteiger partial charge in [0.15, 0.2) is 0 Å². The second-order valence-electron chi connectivity index (χ2n) is 8.60. The summed E-state index contributed by atoms with van der Waals surface area (Å²) in [4.78, 5) is 12.7. The van der Waals surface area contributed by atoms with Crippen LogP contribution in [0.15, 0.2) is 0 Å². The predicted octanol–water partition coefficient (Wildman–Crippen LogP) is 4.84. The average Bonchev–Trinajstić information content (AvgIpc) is 2.34. The molecule has 0 N–H and O–H groups in total. The fourth-order valence-electron chi connectivity index (χ4n) is 5.52. The van der Waals surface area contributed by atoms with Gasteiger partial charge in [-0.2, -0.15) is 0 Å². The van der Waals surface area contributed by atoms with Crippen LogP contribution < -0.4 is 0 Å². The molecule has 0 aromatic heterocycles. The summed E-state index contributed by atoms with van der Waals surface area (Å²) >= 11 is 0. The van der Waals surface area contributed by atoms with E-state index in [9.17, 15) is 4.79 Å². The molecule has 0 aromatic rings. The van der Waals surface area contributed by atoms with Crippen molar-refractivity contribution < 1.29 is 4.79 Å². The van der Waals surface area contributed by atoms with Crippen molar-refractivity contribution in [2.45, 2.75) is 72.6 Å². The van der Waals surface area contributed by atoms with Gasteiger partial charge >= 0.3 is 0 Å². The lowest BCUT2D eigenvalue weighted by Crippen LogP contribution is -2.53. The SMILES string of the molecule is CCC(C)(C)C(=O)CC12CC3CC(CC(C3)C1C)C2. The first-order chi connectivity index (χ1) is 8.86. The Morgan fingerprint density at radius 1 is 1.16 bits per heavy atom. The van der Waals surface area contributed by atoms with Gasteiger partial charge in [-0.05, 0) is 67.6 Å². The van der Waals surface area contributed by atoms with Gasteiger partial charge in [0.05, 0.1) is 0 Å². The summed E-state index contributed by atoms with van der Waals surface area (Å²) in [6, 6.07) is 0. The molecule has 4 bridgehead atoms. The Labute approximate surface area is 118 Å². The van der Waals surface area contributed by atoms with Gasteiger partial charge in [-0.1, -0.05) is 27.7 Å². The fourth-order valence-corrected chi connectivity index (χ4v) is 5.52. The maximum absolute atomic E-state index is 12.7. The molecule has 0 saturated heterocycles. The van der Waals surface area contributed by atoms with E-state index in [4.69, 9.17) is 0 Å². The Balaban J connectivity index is 1.81. The molecule has 0 radical (unpaired) electrons.